The Labute approximate surface area is 115 Å². The van der Waals surface area contributed by atoms with E-state index in [1.807, 2.05) is 13.8 Å². The fourth-order valence-corrected chi connectivity index (χ4v) is 4.10. The lowest BCUT2D eigenvalue weighted by Crippen LogP contribution is -2.62. The highest BCUT2D eigenvalue weighted by Gasteiger charge is 2.54. The van der Waals surface area contributed by atoms with E-state index in [4.69, 9.17) is 13.8 Å². The van der Waals surface area contributed by atoms with Crippen molar-refractivity contribution in [3.05, 3.63) is 0 Å². The smallest absolute Gasteiger partial charge is 0.355 e. The van der Waals surface area contributed by atoms with Crippen LogP contribution in [0.3, 0.4) is 0 Å². The van der Waals surface area contributed by atoms with Crippen LogP contribution in [0.4, 0.5) is 0 Å². The van der Waals surface area contributed by atoms with Crippen LogP contribution >= 0.6 is 7.60 Å². The predicted octanol–water partition coefficient (Wildman–Crippen LogP) is 1.59. The molecule has 1 rings (SSSR count). The summed E-state index contributed by atoms with van der Waals surface area (Å²) in [5.74, 6) is 0.294. The summed E-state index contributed by atoms with van der Waals surface area (Å²) in [6, 6.07) is 0.00939. The number of hydrogen-bond acceptors (Lipinski definition) is 6. The molecule has 1 heterocycles. The molecular formula is C12H26NO5P. The van der Waals surface area contributed by atoms with E-state index in [1.165, 1.54) is 0 Å². The van der Waals surface area contributed by atoms with Crippen LogP contribution in [0.2, 0.25) is 0 Å². The second kappa shape index (κ2) is 7.16. The number of nitrogens with one attached hydrogen (secondary N) is 1. The van der Waals surface area contributed by atoms with Gasteiger partial charge in [-0.2, -0.15) is 0 Å². The first-order valence-corrected chi connectivity index (χ1v) is 8.34. The Morgan fingerprint density at radius 3 is 2.42 bits per heavy atom. The quantitative estimate of drug-likeness (QED) is 0.695. The van der Waals surface area contributed by atoms with Gasteiger partial charge in [0.2, 0.25) is 0 Å². The van der Waals surface area contributed by atoms with Crippen LogP contribution in [0.25, 0.3) is 0 Å². The van der Waals surface area contributed by atoms with E-state index in [2.05, 4.69) is 5.32 Å². The zero-order chi connectivity index (χ0) is 14.5. The normalized spacial score (nSPS) is 28.8. The first kappa shape index (κ1) is 17.1. The van der Waals surface area contributed by atoms with Crippen molar-refractivity contribution in [1.29, 1.82) is 0 Å². The van der Waals surface area contributed by atoms with Gasteiger partial charge in [0.25, 0.3) is 0 Å². The molecule has 0 saturated carbocycles. The molecule has 0 aliphatic carbocycles. The molecule has 1 aliphatic heterocycles. The summed E-state index contributed by atoms with van der Waals surface area (Å²) in [7, 11) is -3.49. The average molecular weight is 295 g/mol. The van der Waals surface area contributed by atoms with E-state index in [9.17, 15) is 9.67 Å². The molecule has 0 bridgehead atoms. The third kappa shape index (κ3) is 3.57. The van der Waals surface area contributed by atoms with Crippen LogP contribution in [0.1, 0.15) is 27.7 Å². The Morgan fingerprint density at radius 2 is 2.00 bits per heavy atom. The van der Waals surface area contributed by atoms with Gasteiger partial charge in [-0.1, -0.05) is 13.8 Å². The number of hydrogen-bond donors (Lipinski definition) is 2. The van der Waals surface area contributed by atoms with Crippen LogP contribution in [0.5, 0.6) is 0 Å². The van der Waals surface area contributed by atoms with Crippen LogP contribution < -0.4 is 5.32 Å². The molecule has 1 saturated heterocycles. The maximum absolute atomic E-state index is 12.9. The van der Waals surface area contributed by atoms with Crippen molar-refractivity contribution in [1.82, 2.24) is 5.32 Å². The molecule has 0 aromatic rings. The van der Waals surface area contributed by atoms with Gasteiger partial charge in [-0.15, -0.1) is 0 Å². The second-order valence-electron chi connectivity index (χ2n) is 5.03. The molecule has 0 aromatic heterocycles. The molecule has 0 spiro atoms. The highest BCUT2D eigenvalue weighted by Crippen LogP contribution is 2.59. The van der Waals surface area contributed by atoms with E-state index in [-0.39, 0.29) is 32.5 Å². The summed E-state index contributed by atoms with van der Waals surface area (Å²) in [6.07, 6.45) is 0. The molecule has 0 aromatic carbocycles. The van der Waals surface area contributed by atoms with Gasteiger partial charge in [0, 0.05) is 6.04 Å². The lowest BCUT2D eigenvalue weighted by molar-refractivity contribution is -0.0157. The fraction of sp³-hybridized carbons (Fsp3) is 1.00. The third-order valence-electron chi connectivity index (χ3n) is 3.28. The number of morpholine rings is 1. The summed E-state index contributed by atoms with van der Waals surface area (Å²) in [5.41, 5.74) is 0. The molecular weight excluding hydrogens is 269 g/mol. The summed E-state index contributed by atoms with van der Waals surface area (Å²) in [6.45, 7) is 8.39. The Kier molecular flexibility index (Phi) is 6.43. The van der Waals surface area contributed by atoms with Crippen molar-refractivity contribution in [2.45, 2.75) is 39.0 Å². The average Bonchev–Trinajstić information content (AvgIpc) is 2.39. The van der Waals surface area contributed by atoms with E-state index in [0.717, 1.165) is 0 Å². The van der Waals surface area contributed by atoms with Gasteiger partial charge in [0.1, 0.15) is 0 Å². The standard InChI is InChI=1S/C12H26NO5P/c1-5-17-19(15,18-6-2)12(8-14)9-16-7-11(13-12)10(3)4/h10-11,13-14H,5-9H2,1-4H3/t11-,12-/m1/s1. The molecule has 0 amide bonds. The van der Waals surface area contributed by atoms with E-state index in [1.54, 1.807) is 13.8 Å². The van der Waals surface area contributed by atoms with Crippen LogP contribution in [0.15, 0.2) is 0 Å². The van der Waals surface area contributed by atoms with Gasteiger partial charge < -0.3 is 18.9 Å². The van der Waals surface area contributed by atoms with E-state index >= 15 is 0 Å². The van der Waals surface area contributed by atoms with Crippen molar-refractivity contribution in [2.24, 2.45) is 5.92 Å². The highest BCUT2D eigenvalue weighted by molar-refractivity contribution is 7.55. The summed E-state index contributed by atoms with van der Waals surface area (Å²) < 4.78 is 29.2. The minimum absolute atomic E-state index is 0.00939. The summed E-state index contributed by atoms with van der Waals surface area (Å²) in [5, 5.41) is 11.8. The molecule has 2 N–H and O–H groups in total. The Hall–Kier alpha value is 0.0300. The van der Waals surface area contributed by atoms with Gasteiger partial charge in [-0.05, 0) is 19.8 Å². The predicted molar refractivity (Wildman–Crippen MR) is 73.3 cm³/mol. The van der Waals surface area contributed by atoms with Gasteiger partial charge in [-0.3, -0.25) is 9.88 Å². The van der Waals surface area contributed by atoms with Gasteiger partial charge in [0.15, 0.2) is 5.28 Å². The number of rotatable bonds is 7. The van der Waals surface area contributed by atoms with Gasteiger partial charge in [0.05, 0.1) is 33.0 Å². The lowest BCUT2D eigenvalue weighted by atomic mass is 10.0. The van der Waals surface area contributed by atoms with Crippen molar-refractivity contribution in [2.75, 3.05) is 33.0 Å². The number of aliphatic hydroxyl groups excluding tert-OH is 1. The highest BCUT2D eigenvalue weighted by atomic mass is 31.2. The molecule has 1 fully saturated rings. The lowest BCUT2D eigenvalue weighted by Gasteiger charge is -2.44. The Balaban J connectivity index is 3.02. The molecule has 0 unspecified atom stereocenters. The Morgan fingerprint density at radius 1 is 1.42 bits per heavy atom. The topological polar surface area (TPSA) is 77.0 Å². The zero-order valence-electron chi connectivity index (χ0n) is 12.2. The largest absolute Gasteiger partial charge is 0.394 e. The minimum Gasteiger partial charge on any atom is -0.394 e. The SMILES string of the molecule is CCOP(=O)(OCC)[C@]1(CO)COC[C@H](C(C)C)N1. The third-order valence-corrected chi connectivity index (χ3v) is 5.93. The van der Waals surface area contributed by atoms with Crippen molar-refractivity contribution < 1.29 is 23.5 Å². The maximum Gasteiger partial charge on any atom is 0.355 e. The van der Waals surface area contributed by atoms with Crippen molar-refractivity contribution in [3.63, 3.8) is 0 Å². The van der Waals surface area contributed by atoms with Gasteiger partial charge >= 0.3 is 7.60 Å². The molecule has 6 nitrogen and oxygen atoms in total. The first-order chi connectivity index (χ1) is 8.94. The minimum atomic E-state index is -3.49. The van der Waals surface area contributed by atoms with Crippen LogP contribution in [-0.2, 0) is 18.3 Å². The van der Waals surface area contributed by atoms with E-state index < -0.39 is 12.9 Å². The van der Waals surface area contributed by atoms with Gasteiger partial charge in [-0.25, -0.2) is 0 Å². The molecule has 2 atom stereocenters. The number of aliphatic hydroxyl groups is 1. The van der Waals surface area contributed by atoms with Crippen LogP contribution in [0, 0.1) is 5.92 Å². The first-order valence-electron chi connectivity index (χ1n) is 6.80. The fourth-order valence-electron chi connectivity index (χ4n) is 2.10. The summed E-state index contributed by atoms with van der Waals surface area (Å²) in [4.78, 5) is 0. The molecule has 114 valence electrons. The van der Waals surface area contributed by atoms with E-state index in [0.29, 0.717) is 12.5 Å². The zero-order valence-corrected chi connectivity index (χ0v) is 13.1. The number of ether oxygens (including phenoxy) is 1. The Bertz CT molecular complexity index is 315. The molecule has 1 aliphatic rings. The van der Waals surface area contributed by atoms with Crippen molar-refractivity contribution >= 4 is 7.60 Å². The monoisotopic (exact) mass is 295 g/mol. The van der Waals surface area contributed by atoms with Crippen molar-refractivity contribution in [3.8, 4) is 0 Å². The summed E-state index contributed by atoms with van der Waals surface area (Å²) >= 11 is 0. The molecule has 0 radical (unpaired) electrons. The van der Waals surface area contributed by atoms with Crippen LogP contribution in [-0.4, -0.2) is 49.5 Å². The second-order valence-corrected chi connectivity index (χ2v) is 7.40. The molecule has 7 heteroatoms. The molecule has 19 heavy (non-hydrogen) atoms. The maximum atomic E-state index is 12.9.